The van der Waals surface area contributed by atoms with E-state index in [9.17, 15) is 0 Å². The Bertz CT molecular complexity index is 595. The van der Waals surface area contributed by atoms with E-state index < -0.39 is 0 Å². The molecule has 0 aliphatic carbocycles. The van der Waals surface area contributed by atoms with Gasteiger partial charge in [0.05, 0.1) is 7.11 Å². The summed E-state index contributed by atoms with van der Waals surface area (Å²) in [6.45, 7) is 1.54. The van der Waals surface area contributed by atoms with Crippen molar-refractivity contribution in [2.45, 2.75) is 13.0 Å². The van der Waals surface area contributed by atoms with Gasteiger partial charge in [0.2, 0.25) is 0 Å². The van der Waals surface area contributed by atoms with E-state index >= 15 is 0 Å². The van der Waals surface area contributed by atoms with Gasteiger partial charge >= 0.3 is 0 Å². The predicted octanol–water partition coefficient (Wildman–Crippen LogP) is 2.85. The minimum atomic E-state index is 0.540. The number of methoxy groups -OCH3 is 1. The van der Waals surface area contributed by atoms with Crippen molar-refractivity contribution < 1.29 is 4.74 Å². The van der Waals surface area contributed by atoms with Crippen molar-refractivity contribution in [3.05, 3.63) is 53.6 Å². The van der Waals surface area contributed by atoms with Gasteiger partial charge in [0.15, 0.2) is 0 Å². The van der Waals surface area contributed by atoms with Crippen LogP contribution in [0.4, 0.5) is 11.4 Å². The van der Waals surface area contributed by atoms with Crippen LogP contribution in [0.3, 0.4) is 0 Å². The number of rotatable bonds is 3. The molecule has 0 spiro atoms. The maximum Gasteiger partial charge on any atom is 0.120 e. The summed E-state index contributed by atoms with van der Waals surface area (Å²) in [5.74, 6) is 0.872. The van der Waals surface area contributed by atoms with Gasteiger partial charge < -0.3 is 15.4 Å². The van der Waals surface area contributed by atoms with Crippen molar-refractivity contribution in [2.75, 3.05) is 18.6 Å². The molecular weight excluding hydrogens is 236 g/mol. The molecule has 2 aromatic carbocycles. The SMILES string of the molecule is COc1ccc(CN)c(N2CCc3ccccc32)c1. The molecule has 98 valence electrons. The lowest BCUT2D eigenvalue weighted by Crippen LogP contribution is -2.16. The molecule has 0 atom stereocenters. The van der Waals surface area contributed by atoms with Crippen LogP contribution in [0.1, 0.15) is 11.1 Å². The Morgan fingerprint density at radius 1 is 1.16 bits per heavy atom. The smallest absolute Gasteiger partial charge is 0.120 e. The summed E-state index contributed by atoms with van der Waals surface area (Å²) >= 11 is 0. The van der Waals surface area contributed by atoms with Crippen molar-refractivity contribution >= 4 is 11.4 Å². The van der Waals surface area contributed by atoms with Gasteiger partial charge in [-0.2, -0.15) is 0 Å². The molecule has 0 saturated heterocycles. The number of hydrogen-bond donors (Lipinski definition) is 1. The highest BCUT2D eigenvalue weighted by molar-refractivity contribution is 5.73. The quantitative estimate of drug-likeness (QED) is 0.915. The van der Waals surface area contributed by atoms with Crippen molar-refractivity contribution in [2.24, 2.45) is 5.73 Å². The number of fused-ring (bicyclic) bond motifs is 1. The number of nitrogens with zero attached hydrogens (tertiary/aromatic N) is 1. The van der Waals surface area contributed by atoms with Gasteiger partial charge in [-0.1, -0.05) is 24.3 Å². The van der Waals surface area contributed by atoms with Crippen LogP contribution in [-0.4, -0.2) is 13.7 Å². The molecule has 2 aromatic rings. The Balaban J connectivity index is 2.08. The zero-order chi connectivity index (χ0) is 13.2. The molecule has 0 radical (unpaired) electrons. The number of benzene rings is 2. The van der Waals surface area contributed by atoms with E-state index in [4.69, 9.17) is 10.5 Å². The largest absolute Gasteiger partial charge is 0.497 e. The fourth-order valence-corrected chi connectivity index (χ4v) is 2.68. The molecule has 1 heterocycles. The van der Waals surface area contributed by atoms with E-state index in [1.54, 1.807) is 7.11 Å². The minimum absolute atomic E-state index is 0.540. The van der Waals surface area contributed by atoms with Crippen LogP contribution >= 0.6 is 0 Å². The first kappa shape index (κ1) is 12.1. The molecule has 0 saturated carbocycles. The maximum absolute atomic E-state index is 5.86. The number of nitrogens with two attached hydrogens (primary N) is 1. The van der Waals surface area contributed by atoms with Crippen LogP contribution in [0, 0.1) is 0 Å². The Hall–Kier alpha value is -2.00. The van der Waals surface area contributed by atoms with E-state index in [0.29, 0.717) is 6.54 Å². The van der Waals surface area contributed by atoms with Gasteiger partial charge in [0.25, 0.3) is 0 Å². The molecule has 1 aliphatic heterocycles. The summed E-state index contributed by atoms with van der Waals surface area (Å²) in [6, 6.07) is 14.6. The number of ether oxygens (including phenoxy) is 1. The monoisotopic (exact) mass is 254 g/mol. The molecule has 0 amide bonds. The van der Waals surface area contributed by atoms with E-state index in [2.05, 4.69) is 41.3 Å². The molecule has 0 bridgehead atoms. The normalized spacial score (nSPS) is 13.5. The number of anilines is 2. The van der Waals surface area contributed by atoms with Crippen LogP contribution in [-0.2, 0) is 13.0 Å². The van der Waals surface area contributed by atoms with Gasteiger partial charge in [0, 0.05) is 30.5 Å². The molecule has 3 nitrogen and oxygen atoms in total. The lowest BCUT2D eigenvalue weighted by Gasteiger charge is -2.23. The van der Waals surface area contributed by atoms with Crippen LogP contribution < -0.4 is 15.4 Å². The van der Waals surface area contributed by atoms with E-state index in [1.807, 2.05) is 6.07 Å². The standard InChI is InChI=1S/C16H18N2O/c1-19-14-7-6-13(11-17)16(10-14)18-9-8-12-4-2-3-5-15(12)18/h2-7,10H,8-9,11,17H2,1H3. The number of hydrogen-bond acceptors (Lipinski definition) is 3. The van der Waals surface area contributed by atoms with Gasteiger partial charge in [-0.25, -0.2) is 0 Å². The van der Waals surface area contributed by atoms with Gasteiger partial charge in [0.1, 0.15) is 5.75 Å². The highest BCUT2D eigenvalue weighted by atomic mass is 16.5. The Morgan fingerprint density at radius 2 is 2.00 bits per heavy atom. The second-order valence-electron chi connectivity index (χ2n) is 4.73. The first-order chi connectivity index (χ1) is 9.33. The van der Waals surface area contributed by atoms with E-state index in [1.165, 1.54) is 11.3 Å². The molecule has 2 N–H and O–H groups in total. The lowest BCUT2D eigenvalue weighted by molar-refractivity contribution is 0.414. The van der Waals surface area contributed by atoms with Crippen molar-refractivity contribution in [3.8, 4) is 5.75 Å². The maximum atomic E-state index is 5.86. The van der Waals surface area contributed by atoms with Crippen LogP contribution in [0.2, 0.25) is 0 Å². The summed E-state index contributed by atoms with van der Waals surface area (Å²) in [5, 5.41) is 0. The third-order valence-electron chi connectivity index (χ3n) is 3.69. The van der Waals surface area contributed by atoms with Crippen molar-refractivity contribution in [1.29, 1.82) is 0 Å². The first-order valence-electron chi connectivity index (χ1n) is 6.56. The topological polar surface area (TPSA) is 38.5 Å². The Kier molecular flexibility index (Phi) is 3.13. The first-order valence-corrected chi connectivity index (χ1v) is 6.56. The second kappa shape index (κ2) is 4.94. The fourth-order valence-electron chi connectivity index (χ4n) is 2.68. The lowest BCUT2D eigenvalue weighted by atomic mass is 10.1. The average Bonchev–Trinajstić information content (AvgIpc) is 2.90. The highest BCUT2D eigenvalue weighted by Gasteiger charge is 2.21. The Morgan fingerprint density at radius 3 is 2.79 bits per heavy atom. The van der Waals surface area contributed by atoms with E-state index in [0.717, 1.165) is 30.0 Å². The highest BCUT2D eigenvalue weighted by Crippen LogP contribution is 2.37. The fraction of sp³-hybridized carbons (Fsp3) is 0.250. The summed E-state index contributed by atoms with van der Waals surface area (Å²) in [5.41, 5.74) is 10.9. The summed E-state index contributed by atoms with van der Waals surface area (Å²) in [7, 11) is 1.69. The third-order valence-corrected chi connectivity index (χ3v) is 3.69. The third kappa shape index (κ3) is 2.06. The molecule has 1 aliphatic rings. The van der Waals surface area contributed by atoms with Crippen LogP contribution in [0.5, 0.6) is 5.75 Å². The van der Waals surface area contributed by atoms with Crippen LogP contribution in [0.25, 0.3) is 0 Å². The average molecular weight is 254 g/mol. The van der Waals surface area contributed by atoms with Crippen molar-refractivity contribution in [1.82, 2.24) is 0 Å². The zero-order valence-electron chi connectivity index (χ0n) is 11.1. The molecule has 0 unspecified atom stereocenters. The van der Waals surface area contributed by atoms with Gasteiger partial charge in [-0.3, -0.25) is 0 Å². The zero-order valence-corrected chi connectivity index (χ0v) is 11.1. The molecule has 0 fully saturated rings. The van der Waals surface area contributed by atoms with Gasteiger partial charge in [-0.05, 0) is 29.7 Å². The second-order valence-corrected chi connectivity index (χ2v) is 4.73. The molecule has 0 aromatic heterocycles. The molecule has 3 heteroatoms. The molecular formula is C16H18N2O. The van der Waals surface area contributed by atoms with Gasteiger partial charge in [-0.15, -0.1) is 0 Å². The summed E-state index contributed by atoms with van der Waals surface area (Å²) < 4.78 is 5.33. The predicted molar refractivity (Wildman–Crippen MR) is 78.0 cm³/mol. The molecule has 19 heavy (non-hydrogen) atoms. The van der Waals surface area contributed by atoms with Crippen molar-refractivity contribution in [3.63, 3.8) is 0 Å². The summed E-state index contributed by atoms with van der Waals surface area (Å²) in [6.07, 6.45) is 1.08. The Labute approximate surface area is 113 Å². The summed E-state index contributed by atoms with van der Waals surface area (Å²) in [4.78, 5) is 2.33. The van der Waals surface area contributed by atoms with E-state index in [-0.39, 0.29) is 0 Å². The minimum Gasteiger partial charge on any atom is -0.497 e. The number of para-hydroxylation sites is 1. The van der Waals surface area contributed by atoms with Crippen LogP contribution in [0.15, 0.2) is 42.5 Å². The molecule has 3 rings (SSSR count).